The summed E-state index contributed by atoms with van der Waals surface area (Å²) < 4.78 is 1.91. The summed E-state index contributed by atoms with van der Waals surface area (Å²) in [6, 6.07) is 1.92. The van der Waals surface area contributed by atoms with Gasteiger partial charge in [-0.25, -0.2) is 0 Å². The highest BCUT2D eigenvalue weighted by atomic mass is 16.3. The van der Waals surface area contributed by atoms with Crippen molar-refractivity contribution in [3.8, 4) is 0 Å². The number of nitrogens with one attached hydrogen (secondary N) is 1. The van der Waals surface area contributed by atoms with E-state index in [4.69, 9.17) is 5.11 Å². The standard InChI is InChI=1S/C9H17N3O/c1-9(13)8-10-4-2-6-12-7-3-5-11-12/h3,5,7,9-10,13H,2,4,6,8H2,1H3/t9-/m0/s1. The van der Waals surface area contributed by atoms with Gasteiger partial charge >= 0.3 is 0 Å². The Kier molecular flexibility index (Phi) is 4.49. The van der Waals surface area contributed by atoms with E-state index in [2.05, 4.69) is 10.4 Å². The zero-order valence-electron chi connectivity index (χ0n) is 7.98. The van der Waals surface area contributed by atoms with Gasteiger partial charge in [-0.3, -0.25) is 4.68 Å². The van der Waals surface area contributed by atoms with Gasteiger partial charge in [-0.1, -0.05) is 0 Å². The molecule has 0 fully saturated rings. The first-order chi connectivity index (χ1) is 6.29. The van der Waals surface area contributed by atoms with E-state index in [9.17, 15) is 0 Å². The monoisotopic (exact) mass is 183 g/mol. The van der Waals surface area contributed by atoms with Crippen LogP contribution in [0.5, 0.6) is 0 Å². The molecule has 0 aliphatic carbocycles. The predicted octanol–water partition coefficient (Wildman–Crippen LogP) is 0.244. The fourth-order valence-corrected chi connectivity index (χ4v) is 1.11. The second kappa shape index (κ2) is 5.72. The van der Waals surface area contributed by atoms with Crippen molar-refractivity contribution in [2.45, 2.75) is 26.0 Å². The van der Waals surface area contributed by atoms with E-state index >= 15 is 0 Å². The lowest BCUT2D eigenvalue weighted by atomic mass is 10.3. The minimum absolute atomic E-state index is 0.260. The number of aryl methyl sites for hydroxylation is 1. The van der Waals surface area contributed by atoms with Gasteiger partial charge in [0.25, 0.3) is 0 Å². The Balaban J connectivity index is 1.96. The van der Waals surface area contributed by atoms with Gasteiger partial charge in [0.15, 0.2) is 0 Å². The molecule has 13 heavy (non-hydrogen) atoms. The van der Waals surface area contributed by atoms with E-state index in [1.54, 1.807) is 13.1 Å². The van der Waals surface area contributed by atoms with Gasteiger partial charge in [0.2, 0.25) is 0 Å². The Hall–Kier alpha value is -0.870. The van der Waals surface area contributed by atoms with Gasteiger partial charge in [-0.05, 0) is 26.0 Å². The summed E-state index contributed by atoms with van der Waals surface area (Å²) in [5.74, 6) is 0. The molecule has 1 aromatic heterocycles. The first kappa shape index (κ1) is 10.2. The van der Waals surface area contributed by atoms with Crippen LogP contribution in [0.3, 0.4) is 0 Å². The number of aromatic nitrogens is 2. The highest BCUT2D eigenvalue weighted by Gasteiger charge is 1.94. The van der Waals surface area contributed by atoms with Crippen molar-refractivity contribution >= 4 is 0 Å². The first-order valence-corrected chi connectivity index (χ1v) is 4.65. The van der Waals surface area contributed by atoms with Crippen molar-refractivity contribution in [1.29, 1.82) is 0 Å². The molecule has 1 heterocycles. The summed E-state index contributed by atoms with van der Waals surface area (Å²) >= 11 is 0. The third kappa shape index (κ3) is 4.65. The lowest BCUT2D eigenvalue weighted by Crippen LogP contribution is -2.25. The molecule has 4 nitrogen and oxygen atoms in total. The molecule has 1 atom stereocenters. The molecule has 0 unspecified atom stereocenters. The molecule has 74 valence electrons. The maximum absolute atomic E-state index is 8.96. The fourth-order valence-electron chi connectivity index (χ4n) is 1.11. The van der Waals surface area contributed by atoms with Crippen LogP contribution in [0.25, 0.3) is 0 Å². The molecule has 0 spiro atoms. The molecule has 0 bridgehead atoms. The zero-order valence-corrected chi connectivity index (χ0v) is 7.98. The summed E-state index contributed by atoms with van der Waals surface area (Å²) in [7, 11) is 0. The van der Waals surface area contributed by atoms with E-state index < -0.39 is 0 Å². The molecule has 0 radical (unpaired) electrons. The Morgan fingerprint density at radius 2 is 2.46 bits per heavy atom. The predicted molar refractivity (Wildman–Crippen MR) is 51.4 cm³/mol. The van der Waals surface area contributed by atoms with Crippen molar-refractivity contribution in [2.24, 2.45) is 0 Å². The van der Waals surface area contributed by atoms with Crippen LogP contribution in [0.2, 0.25) is 0 Å². The normalized spacial score (nSPS) is 13.1. The van der Waals surface area contributed by atoms with Gasteiger partial charge in [0, 0.05) is 25.5 Å². The third-order valence-electron chi connectivity index (χ3n) is 1.74. The summed E-state index contributed by atoms with van der Waals surface area (Å²) in [5.41, 5.74) is 0. The number of aliphatic hydroxyl groups is 1. The van der Waals surface area contributed by atoms with Crippen LogP contribution in [0, 0.1) is 0 Å². The van der Waals surface area contributed by atoms with E-state index in [-0.39, 0.29) is 6.10 Å². The van der Waals surface area contributed by atoms with Crippen molar-refractivity contribution in [2.75, 3.05) is 13.1 Å². The lowest BCUT2D eigenvalue weighted by Gasteiger charge is -2.06. The van der Waals surface area contributed by atoms with Gasteiger partial charge < -0.3 is 10.4 Å². The van der Waals surface area contributed by atoms with Crippen LogP contribution >= 0.6 is 0 Å². The molecule has 0 saturated carbocycles. The average Bonchev–Trinajstić information content (AvgIpc) is 2.55. The number of hydrogen-bond acceptors (Lipinski definition) is 3. The average molecular weight is 183 g/mol. The molecular weight excluding hydrogens is 166 g/mol. The molecule has 0 saturated heterocycles. The van der Waals surface area contributed by atoms with Gasteiger partial charge in [-0.15, -0.1) is 0 Å². The van der Waals surface area contributed by atoms with Crippen LogP contribution in [0.1, 0.15) is 13.3 Å². The summed E-state index contributed by atoms with van der Waals surface area (Å²) in [5, 5.41) is 16.2. The first-order valence-electron chi connectivity index (χ1n) is 4.65. The maximum Gasteiger partial charge on any atom is 0.0636 e. The highest BCUT2D eigenvalue weighted by Crippen LogP contribution is 1.87. The second-order valence-electron chi connectivity index (χ2n) is 3.18. The Morgan fingerprint density at radius 1 is 1.62 bits per heavy atom. The van der Waals surface area contributed by atoms with Crippen LogP contribution in [-0.4, -0.2) is 34.1 Å². The van der Waals surface area contributed by atoms with Gasteiger partial charge in [0.1, 0.15) is 0 Å². The molecule has 2 N–H and O–H groups in total. The van der Waals surface area contributed by atoms with Crippen molar-refractivity contribution in [1.82, 2.24) is 15.1 Å². The molecule has 0 aliphatic rings. The lowest BCUT2D eigenvalue weighted by molar-refractivity contribution is 0.191. The number of aliphatic hydroxyl groups excluding tert-OH is 1. The number of rotatable bonds is 6. The molecule has 1 rings (SSSR count). The molecule has 0 aliphatic heterocycles. The van der Waals surface area contributed by atoms with Crippen LogP contribution in [0.4, 0.5) is 0 Å². The summed E-state index contributed by atoms with van der Waals surface area (Å²) in [6.07, 6.45) is 4.51. The quantitative estimate of drug-likeness (QED) is 0.621. The zero-order chi connectivity index (χ0) is 9.52. The highest BCUT2D eigenvalue weighted by molar-refractivity contribution is 4.77. The minimum Gasteiger partial charge on any atom is -0.392 e. The fraction of sp³-hybridized carbons (Fsp3) is 0.667. The van der Waals surface area contributed by atoms with Gasteiger partial charge in [-0.2, -0.15) is 5.10 Å². The smallest absolute Gasteiger partial charge is 0.0636 e. The second-order valence-corrected chi connectivity index (χ2v) is 3.18. The topological polar surface area (TPSA) is 50.1 Å². The summed E-state index contributed by atoms with van der Waals surface area (Å²) in [6.45, 7) is 4.30. The third-order valence-corrected chi connectivity index (χ3v) is 1.74. The molecule has 0 aromatic carbocycles. The Labute approximate surface area is 78.6 Å². The van der Waals surface area contributed by atoms with Crippen LogP contribution in [-0.2, 0) is 6.54 Å². The van der Waals surface area contributed by atoms with Crippen LogP contribution < -0.4 is 5.32 Å². The van der Waals surface area contributed by atoms with E-state index in [0.29, 0.717) is 6.54 Å². The SMILES string of the molecule is C[C@H](O)CNCCCn1cccn1. The molecule has 0 amide bonds. The van der Waals surface area contributed by atoms with Crippen molar-refractivity contribution in [3.63, 3.8) is 0 Å². The Bertz CT molecular complexity index is 209. The van der Waals surface area contributed by atoms with Crippen molar-refractivity contribution < 1.29 is 5.11 Å². The van der Waals surface area contributed by atoms with Crippen molar-refractivity contribution in [3.05, 3.63) is 18.5 Å². The van der Waals surface area contributed by atoms with E-state index in [0.717, 1.165) is 19.5 Å². The van der Waals surface area contributed by atoms with Crippen LogP contribution in [0.15, 0.2) is 18.5 Å². The maximum atomic E-state index is 8.96. The Morgan fingerprint density at radius 3 is 3.08 bits per heavy atom. The summed E-state index contributed by atoms with van der Waals surface area (Å²) in [4.78, 5) is 0. The number of nitrogens with zero attached hydrogens (tertiary/aromatic N) is 2. The minimum atomic E-state index is -0.260. The number of hydrogen-bond donors (Lipinski definition) is 2. The van der Waals surface area contributed by atoms with E-state index in [1.807, 2.05) is 16.9 Å². The van der Waals surface area contributed by atoms with E-state index in [1.165, 1.54) is 0 Å². The molecular formula is C9H17N3O. The molecule has 1 aromatic rings. The van der Waals surface area contributed by atoms with Gasteiger partial charge in [0.05, 0.1) is 6.10 Å². The largest absolute Gasteiger partial charge is 0.392 e. The molecule has 4 heteroatoms.